The highest BCUT2D eigenvalue weighted by atomic mass is 16.2. The summed E-state index contributed by atoms with van der Waals surface area (Å²) < 4.78 is 0. The Morgan fingerprint density at radius 3 is 2.61 bits per heavy atom. The fourth-order valence-electron chi connectivity index (χ4n) is 4.21. The Labute approximate surface area is 138 Å². The van der Waals surface area contributed by atoms with Crippen LogP contribution in [0.15, 0.2) is 18.2 Å². The molecule has 0 aromatic heterocycles. The number of rotatable bonds is 4. The number of nitrogens with one attached hydrogen (secondary N) is 1. The van der Waals surface area contributed by atoms with Crippen molar-refractivity contribution in [2.75, 3.05) is 19.4 Å². The normalized spacial score (nSPS) is 25.4. The molecular weight excluding hydrogens is 288 g/mol. The van der Waals surface area contributed by atoms with Crippen molar-refractivity contribution in [1.29, 1.82) is 0 Å². The van der Waals surface area contributed by atoms with Crippen LogP contribution in [0.1, 0.15) is 48.0 Å². The van der Waals surface area contributed by atoms with Gasteiger partial charge in [-0.3, -0.25) is 9.59 Å². The maximum Gasteiger partial charge on any atom is 0.253 e. The summed E-state index contributed by atoms with van der Waals surface area (Å²) in [5, 5.41) is 3.02. The van der Waals surface area contributed by atoms with Gasteiger partial charge in [-0.15, -0.1) is 0 Å². The predicted molar refractivity (Wildman–Crippen MR) is 91.4 cm³/mol. The van der Waals surface area contributed by atoms with Crippen LogP contribution in [0.3, 0.4) is 0 Å². The van der Waals surface area contributed by atoms with E-state index in [4.69, 9.17) is 0 Å². The van der Waals surface area contributed by atoms with Crippen molar-refractivity contribution in [3.05, 3.63) is 29.3 Å². The fraction of sp³-hybridized carbons (Fsp3) is 0.579. The maximum atomic E-state index is 12.4. The van der Waals surface area contributed by atoms with Gasteiger partial charge in [0.15, 0.2) is 0 Å². The fourth-order valence-corrected chi connectivity index (χ4v) is 4.21. The molecule has 23 heavy (non-hydrogen) atoms. The summed E-state index contributed by atoms with van der Waals surface area (Å²) in [6, 6.07) is 5.49. The van der Waals surface area contributed by atoms with Crippen molar-refractivity contribution >= 4 is 17.5 Å². The molecule has 0 unspecified atom stereocenters. The summed E-state index contributed by atoms with van der Waals surface area (Å²) in [6.07, 6.45) is 5.82. The summed E-state index contributed by atoms with van der Waals surface area (Å²) in [4.78, 5) is 26.0. The third-order valence-electron chi connectivity index (χ3n) is 5.50. The molecule has 0 radical (unpaired) electrons. The van der Waals surface area contributed by atoms with Crippen LogP contribution in [0, 0.1) is 24.7 Å². The topological polar surface area (TPSA) is 49.4 Å². The number of hydrogen-bond donors (Lipinski definition) is 1. The van der Waals surface area contributed by atoms with Gasteiger partial charge in [0, 0.05) is 31.8 Å². The zero-order valence-corrected chi connectivity index (χ0v) is 14.3. The minimum absolute atomic E-state index is 0.0476. The van der Waals surface area contributed by atoms with Gasteiger partial charge in [0.05, 0.1) is 0 Å². The van der Waals surface area contributed by atoms with Crippen LogP contribution in [0.5, 0.6) is 0 Å². The Morgan fingerprint density at radius 2 is 2.00 bits per heavy atom. The zero-order chi connectivity index (χ0) is 16.6. The maximum absolute atomic E-state index is 12.4. The summed E-state index contributed by atoms with van der Waals surface area (Å²) in [6.45, 7) is 1.96. The van der Waals surface area contributed by atoms with Gasteiger partial charge >= 0.3 is 0 Å². The van der Waals surface area contributed by atoms with E-state index in [1.54, 1.807) is 25.1 Å². The van der Waals surface area contributed by atoms with E-state index in [2.05, 4.69) is 5.32 Å². The number of carbonyl (C=O) groups is 2. The average molecular weight is 314 g/mol. The van der Waals surface area contributed by atoms with Crippen LogP contribution in [-0.4, -0.2) is 30.8 Å². The van der Waals surface area contributed by atoms with Gasteiger partial charge < -0.3 is 10.2 Å². The Hall–Kier alpha value is -1.84. The number of hydrogen-bond acceptors (Lipinski definition) is 2. The highest BCUT2D eigenvalue weighted by Gasteiger charge is 2.40. The third-order valence-corrected chi connectivity index (χ3v) is 5.50. The van der Waals surface area contributed by atoms with Crippen molar-refractivity contribution in [2.45, 2.75) is 39.0 Å². The van der Waals surface area contributed by atoms with E-state index in [1.165, 1.54) is 25.7 Å². The number of carbonyl (C=O) groups excluding carboxylic acids is 2. The van der Waals surface area contributed by atoms with E-state index in [0.717, 1.165) is 23.1 Å². The first kappa shape index (κ1) is 16.0. The van der Waals surface area contributed by atoms with Gasteiger partial charge in [-0.1, -0.05) is 12.5 Å². The molecule has 0 saturated heterocycles. The molecule has 3 rings (SSSR count). The smallest absolute Gasteiger partial charge is 0.253 e. The van der Waals surface area contributed by atoms with Gasteiger partial charge in [-0.25, -0.2) is 0 Å². The molecule has 3 atom stereocenters. The third kappa shape index (κ3) is 3.41. The minimum atomic E-state index is -0.0476. The minimum Gasteiger partial charge on any atom is -0.345 e. The first-order chi connectivity index (χ1) is 10.9. The molecule has 4 nitrogen and oxygen atoms in total. The largest absolute Gasteiger partial charge is 0.345 e. The lowest BCUT2D eigenvalue weighted by atomic mass is 9.86. The van der Waals surface area contributed by atoms with E-state index < -0.39 is 0 Å². The van der Waals surface area contributed by atoms with E-state index in [0.29, 0.717) is 17.9 Å². The molecule has 0 heterocycles. The number of aryl methyl sites for hydroxylation is 1. The molecule has 1 N–H and O–H groups in total. The molecule has 2 fully saturated rings. The van der Waals surface area contributed by atoms with Crippen molar-refractivity contribution in [3.8, 4) is 0 Å². The second-order valence-corrected chi connectivity index (χ2v) is 7.42. The van der Waals surface area contributed by atoms with E-state index in [-0.39, 0.29) is 11.8 Å². The lowest BCUT2D eigenvalue weighted by Gasteiger charge is -2.21. The molecule has 2 aliphatic carbocycles. The van der Waals surface area contributed by atoms with Crippen LogP contribution in [-0.2, 0) is 4.79 Å². The highest BCUT2D eigenvalue weighted by Crippen LogP contribution is 2.49. The average Bonchev–Trinajstić information content (AvgIpc) is 3.11. The first-order valence-corrected chi connectivity index (χ1v) is 8.56. The summed E-state index contributed by atoms with van der Waals surface area (Å²) in [5.41, 5.74) is 2.35. The molecule has 2 aliphatic rings. The predicted octanol–water partition coefficient (Wildman–Crippen LogP) is 3.46. The number of benzene rings is 1. The number of fused-ring (bicyclic) bond motifs is 2. The molecule has 4 heteroatoms. The van der Waals surface area contributed by atoms with Crippen LogP contribution < -0.4 is 5.32 Å². The van der Waals surface area contributed by atoms with Gasteiger partial charge in [-0.2, -0.15) is 0 Å². The molecule has 2 saturated carbocycles. The van der Waals surface area contributed by atoms with Crippen molar-refractivity contribution in [3.63, 3.8) is 0 Å². The van der Waals surface area contributed by atoms with Crippen molar-refractivity contribution in [1.82, 2.24) is 4.90 Å². The number of amides is 2. The second-order valence-electron chi connectivity index (χ2n) is 7.42. The van der Waals surface area contributed by atoms with Gasteiger partial charge in [0.25, 0.3) is 5.91 Å². The Balaban J connectivity index is 1.66. The van der Waals surface area contributed by atoms with Crippen LogP contribution >= 0.6 is 0 Å². The second kappa shape index (κ2) is 6.34. The van der Waals surface area contributed by atoms with E-state index >= 15 is 0 Å². The quantitative estimate of drug-likeness (QED) is 0.925. The monoisotopic (exact) mass is 314 g/mol. The van der Waals surface area contributed by atoms with Crippen LogP contribution in [0.25, 0.3) is 0 Å². The van der Waals surface area contributed by atoms with Gasteiger partial charge in [0.1, 0.15) is 0 Å². The molecule has 1 aromatic carbocycles. The van der Waals surface area contributed by atoms with Crippen molar-refractivity contribution in [2.24, 2.45) is 17.8 Å². The van der Waals surface area contributed by atoms with Crippen molar-refractivity contribution < 1.29 is 9.59 Å². The van der Waals surface area contributed by atoms with E-state index in [9.17, 15) is 9.59 Å². The van der Waals surface area contributed by atoms with Gasteiger partial charge in [0.2, 0.25) is 5.91 Å². The zero-order valence-electron chi connectivity index (χ0n) is 14.3. The molecule has 1 aromatic rings. The molecule has 0 aliphatic heterocycles. The molecule has 0 spiro atoms. The van der Waals surface area contributed by atoms with Gasteiger partial charge in [-0.05, 0) is 61.6 Å². The standard InChI is InChI=1S/C19H26N2O2/c1-12-4-6-15(19(23)21(2)3)10-17(12)20-18(22)11-16-9-13-5-7-14(16)8-13/h4,6,10,13-14,16H,5,7-9,11H2,1-3H3,(H,20,22)/t13-,14-,16-/m0/s1. The number of anilines is 1. The van der Waals surface area contributed by atoms with Crippen LogP contribution in [0.2, 0.25) is 0 Å². The van der Waals surface area contributed by atoms with E-state index in [1.807, 2.05) is 19.1 Å². The highest BCUT2D eigenvalue weighted by molar-refractivity contribution is 5.97. The number of nitrogens with zero attached hydrogens (tertiary/aromatic N) is 1. The lowest BCUT2D eigenvalue weighted by molar-refractivity contribution is -0.117. The molecule has 124 valence electrons. The first-order valence-electron chi connectivity index (χ1n) is 8.56. The Bertz CT molecular complexity index is 624. The lowest BCUT2D eigenvalue weighted by Crippen LogP contribution is -2.23. The SMILES string of the molecule is Cc1ccc(C(=O)N(C)C)cc1NC(=O)C[C@@H]1C[C@H]2CC[C@H]1C2. The Kier molecular flexibility index (Phi) is 4.42. The molecule has 2 bridgehead atoms. The summed E-state index contributed by atoms with van der Waals surface area (Å²) in [7, 11) is 3.46. The molecule has 2 amide bonds. The Morgan fingerprint density at radius 1 is 1.22 bits per heavy atom. The summed E-state index contributed by atoms with van der Waals surface area (Å²) in [5.74, 6) is 2.21. The molecular formula is C19H26N2O2. The van der Waals surface area contributed by atoms with Crippen LogP contribution in [0.4, 0.5) is 5.69 Å². The summed E-state index contributed by atoms with van der Waals surface area (Å²) >= 11 is 0.